The average Bonchev–Trinajstić information content (AvgIpc) is 3.13. The number of aryl methyl sites for hydroxylation is 1. The van der Waals surface area contributed by atoms with Crippen LogP contribution >= 0.6 is 0 Å². The standard InChI is InChI=1S/C21H22O/c1-22-20-4-2-3-16-10-15-7-8-21(13-17(15)11-19(16)20)12-14-5-6-18(21)9-14/h2-5,10-11,18H,6-9,12-13H2,1H3. The van der Waals surface area contributed by atoms with Gasteiger partial charge in [-0.2, -0.15) is 0 Å². The first-order valence-electron chi connectivity index (χ1n) is 8.54. The first-order chi connectivity index (χ1) is 10.8. The molecule has 0 aliphatic heterocycles. The van der Waals surface area contributed by atoms with E-state index in [-0.39, 0.29) is 0 Å². The van der Waals surface area contributed by atoms with Gasteiger partial charge in [0.1, 0.15) is 5.75 Å². The Morgan fingerprint density at radius 1 is 1.14 bits per heavy atom. The molecule has 0 heterocycles. The number of allylic oxidation sites excluding steroid dienone is 2. The lowest BCUT2D eigenvalue weighted by Gasteiger charge is -2.40. The highest BCUT2D eigenvalue weighted by atomic mass is 16.5. The van der Waals surface area contributed by atoms with E-state index >= 15 is 0 Å². The molecule has 1 spiro atoms. The van der Waals surface area contributed by atoms with Gasteiger partial charge in [0.15, 0.2) is 0 Å². The Bertz CT molecular complexity index is 801. The second-order valence-corrected chi connectivity index (χ2v) is 7.52. The summed E-state index contributed by atoms with van der Waals surface area (Å²) in [7, 11) is 1.78. The van der Waals surface area contributed by atoms with Gasteiger partial charge >= 0.3 is 0 Å². The predicted octanol–water partition coefficient (Wildman–Crippen LogP) is 5.06. The van der Waals surface area contributed by atoms with Crippen molar-refractivity contribution in [2.24, 2.45) is 11.3 Å². The summed E-state index contributed by atoms with van der Waals surface area (Å²) in [5.74, 6) is 1.93. The zero-order valence-electron chi connectivity index (χ0n) is 13.2. The van der Waals surface area contributed by atoms with Gasteiger partial charge in [-0.1, -0.05) is 29.8 Å². The lowest BCUT2D eigenvalue weighted by Crippen LogP contribution is -2.33. The maximum absolute atomic E-state index is 5.58. The average molecular weight is 290 g/mol. The molecule has 0 N–H and O–H groups in total. The number of ether oxygens (including phenoxy) is 1. The molecule has 112 valence electrons. The summed E-state index contributed by atoms with van der Waals surface area (Å²) in [6.07, 6.45) is 10.5. The summed E-state index contributed by atoms with van der Waals surface area (Å²) < 4.78 is 5.58. The number of methoxy groups -OCH3 is 1. The van der Waals surface area contributed by atoms with E-state index in [2.05, 4.69) is 36.4 Å². The molecule has 2 aromatic carbocycles. The van der Waals surface area contributed by atoms with Crippen LogP contribution in [-0.4, -0.2) is 7.11 Å². The van der Waals surface area contributed by atoms with Crippen molar-refractivity contribution in [2.75, 3.05) is 7.11 Å². The lowest BCUT2D eigenvalue weighted by molar-refractivity contribution is 0.169. The fourth-order valence-electron chi connectivity index (χ4n) is 5.31. The molecule has 2 unspecified atom stereocenters. The molecule has 3 aliphatic carbocycles. The third kappa shape index (κ3) is 1.65. The fourth-order valence-corrected chi connectivity index (χ4v) is 5.31. The van der Waals surface area contributed by atoms with Crippen LogP contribution in [0.4, 0.5) is 0 Å². The monoisotopic (exact) mass is 290 g/mol. The molecule has 1 nitrogen and oxygen atoms in total. The Balaban J connectivity index is 1.62. The molecule has 3 aliphatic rings. The zero-order chi connectivity index (χ0) is 14.7. The molecule has 5 rings (SSSR count). The van der Waals surface area contributed by atoms with Crippen molar-refractivity contribution >= 4 is 10.8 Å². The van der Waals surface area contributed by atoms with Gasteiger partial charge in [-0.15, -0.1) is 0 Å². The molecule has 0 aromatic heterocycles. The molecule has 1 fully saturated rings. The minimum atomic E-state index is 0.576. The van der Waals surface area contributed by atoms with Crippen molar-refractivity contribution in [3.05, 3.63) is 53.1 Å². The first kappa shape index (κ1) is 12.8. The van der Waals surface area contributed by atoms with Crippen molar-refractivity contribution in [3.63, 3.8) is 0 Å². The quantitative estimate of drug-likeness (QED) is 0.667. The van der Waals surface area contributed by atoms with Crippen molar-refractivity contribution in [3.8, 4) is 5.75 Å². The number of hydrogen-bond acceptors (Lipinski definition) is 1. The summed E-state index contributed by atoms with van der Waals surface area (Å²) in [5.41, 5.74) is 5.47. The van der Waals surface area contributed by atoms with Gasteiger partial charge in [0.2, 0.25) is 0 Å². The van der Waals surface area contributed by atoms with Gasteiger partial charge in [0.25, 0.3) is 0 Å². The van der Waals surface area contributed by atoms with Gasteiger partial charge in [-0.25, -0.2) is 0 Å². The fraction of sp³-hybridized carbons (Fsp3) is 0.429. The van der Waals surface area contributed by atoms with Crippen LogP contribution in [0.1, 0.15) is 36.8 Å². The minimum Gasteiger partial charge on any atom is -0.496 e. The van der Waals surface area contributed by atoms with Crippen LogP contribution in [0, 0.1) is 11.3 Å². The Labute approximate surface area is 132 Å². The molecule has 1 heteroatoms. The van der Waals surface area contributed by atoms with Crippen LogP contribution in [0.2, 0.25) is 0 Å². The van der Waals surface area contributed by atoms with Gasteiger partial charge in [-0.3, -0.25) is 0 Å². The minimum absolute atomic E-state index is 0.576. The zero-order valence-corrected chi connectivity index (χ0v) is 13.2. The van der Waals surface area contributed by atoms with E-state index in [0.29, 0.717) is 5.41 Å². The summed E-state index contributed by atoms with van der Waals surface area (Å²) in [6, 6.07) is 11.2. The Hall–Kier alpha value is -1.76. The second-order valence-electron chi connectivity index (χ2n) is 7.52. The van der Waals surface area contributed by atoms with Crippen LogP contribution in [0.25, 0.3) is 10.8 Å². The number of hydrogen-bond donors (Lipinski definition) is 0. The third-order valence-corrected chi connectivity index (χ3v) is 6.46. The molecular weight excluding hydrogens is 268 g/mol. The van der Waals surface area contributed by atoms with Crippen LogP contribution < -0.4 is 4.74 Å². The molecule has 2 aromatic rings. The SMILES string of the molecule is COc1cccc2cc3c(cc12)CC1(CC3)CC2=CCC1C2. The molecule has 2 atom stereocenters. The molecule has 0 saturated heterocycles. The number of benzene rings is 2. The summed E-state index contributed by atoms with van der Waals surface area (Å²) in [6.45, 7) is 0. The van der Waals surface area contributed by atoms with E-state index in [1.807, 2.05) is 0 Å². The van der Waals surface area contributed by atoms with Crippen LogP contribution in [0.5, 0.6) is 5.75 Å². The maximum atomic E-state index is 5.58. The van der Waals surface area contributed by atoms with Gasteiger partial charge in [0.05, 0.1) is 7.11 Å². The van der Waals surface area contributed by atoms with Gasteiger partial charge < -0.3 is 4.74 Å². The van der Waals surface area contributed by atoms with E-state index in [9.17, 15) is 0 Å². The molecular formula is C21H22O. The number of rotatable bonds is 1. The second kappa shape index (κ2) is 4.38. The van der Waals surface area contributed by atoms with Crippen LogP contribution in [0.15, 0.2) is 42.0 Å². The largest absolute Gasteiger partial charge is 0.496 e. The highest BCUT2D eigenvalue weighted by Crippen LogP contribution is 2.58. The van der Waals surface area contributed by atoms with E-state index < -0.39 is 0 Å². The van der Waals surface area contributed by atoms with Crippen molar-refractivity contribution in [1.29, 1.82) is 0 Å². The van der Waals surface area contributed by atoms with Gasteiger partial charge in [0, 0.05) is 5.39 Å². The highest BCUT2D eigenvalue weighted by molar-refractivity contribution is 5.89. The first-order valence-corrected chi connectivity index (χ1v) is 8.54. The molecule has 22 heavy (non-hydrogen) atoms. The topological polar surface area (TPSA) is 9.23 Å². The summed E-state index contributed by atoms with van der Waals surface area (Å²) in [4.78, 5) is 0. The molecule has 0 amide bonds. The maximum Gasteiger partial charge on any atom is 0.126 e. The van der Waals surface area contributed by atoms with E-state index in [1.165, 1.54) is 49.3 Å². The van der Waals surface area contributed by atoms with E-state index in [1.54, 1.807) is 23.8 Å². The van der Waals surface area contributed by atoms with Crippen molar-refractivity contribution < 1.29 is 4.74 Å². The summed E-state index contributed by atoms with van der Waals surface area (Å²) >= 11 is 0. The predicted molar refractivity (Wildman–Crippen MR) is 90.4 cm³/mol. The number of fused-ring (bicyclic) bond motifs is 5. The lowest BCUT2D eigenvalue weighted by atomic mass is 9.64. The molecule has 1 saturated carbocycles. The Morgan fingerprint density at radius 2 is 2.09 bits per heavy atom. The third-order valence-electron chi connectivity index (χ3n) is 6.46. The van der Waals surface area contributed by atoms with Gasteiger partial charge in [-0.05, 0) is 78.5 Å². The van der Waals surface area contributed by atoms with Crippen molar-refractivity contribution in [1.82, 2.24) is 0 Å². The molecule has 2 bridgehead atoms. The van der Waals surface area contributed by atoms with E-state index in [0.717, 1.165) is 11.7 Å². The summed E-state index contributed by atoms with van der Waals surface area (Å²) in [5, 5.41) is 2.60. The van der Waals surface area contributed by atoms with Crippen LogP contribution in [0.3, 0.4) is 0 Å². The highest BCUT2D eigenvalue weighted by Gasteiger charge is 2.48. The Kier molecular flexibility index (Phi) is 2.54. The normalized spacial score (nSPS) is 29.0. The Morgan fingerprint density at radius 3 is 2.86 bits per heavy atom. The smallest absolute Gasteiger partial charge is 0.126 e. The van der Waals surface area contributed by atoms with Crippen molar-refractivity contribution in [2.45, 2.75) is 38.5 Å². The van der Waals surface area contributed by atoms with E-state index in [4.69, 9.17) is 4.74 Å². The van der Waals surface area contributed by atoms with Crippen LogP contribution in [-0.2, 0) is 12.8 Å². The molecule has 0 radical (unpaired) electrons.